The minimum absolute atomic E-state index is 0.107. The molecule has 76 valence electrons. The van der Waals surface area contributed by atoms with Crippen LogP contribution in [0.2, 0.25) is 0 Å². The van der Waals surface area contributed by atoms with Gasteiger partial charge in [-0.3, -0.25) is 4.68 Å². The lowest BCUT2D eigenvalue weighted by Crippen LogP contribution is -2.18. The van der Waals surface area contributed by atoms with Crippen LogP contribution in [0.5, 0.6) is 0 Å². The summed E-state index contributed by atoms with van der Waals surface area (Å²) in [6, 6.07) is 2.12. The van der Waals surface area contributed by atoms with E-state index >= 15 is 0 Å². The lowest BCUT2D eigenvalue weighted by atomic mass is 10.1. The number of nitrogens with zero attached hydrogens (tertiary/aromatic N) is 2. The van der Waals surface area contributed by atoms with Gasteiger partial charge < -0.3 is 10.5 Å². The predicted octanol–water partition coefficient (Wildman–Crippen LogP) is 0.312. The van der Waals surface area contributed by atoms with E-state index in [4.69, 9.17) is 10.5 Å². The molecule has 4 nitrogen and oxygen atoms in total. The second kappa shape index (κ2) is 2.81. The van der Waals surface area contributed by atoms with Crippen LogP contribution in [0.4, 0.5) is 0 Å². The number of aryl methyl sites for hydroxylation is 1. The summed E-state index contributed by atoms with van der Waals surface area (Å²) >= 11 is 0. The van der Waals surface area contributed by atoms with Crippen LogP contribution in [0.25, 0.3) is 0 Å². The number of hydrogen-bond acceptors (Lipinski definition) is 3. The number of nitrogens with two attached hydrogens (primary N) is 1. The molecule has 1 aliphatic carbocycles. The molecule has 3 unspecified atom stereocenters. The molecule has 0 bridgehead atoms. The van der Waals surface area contributed by atoms with Crippen molar-refractivity contribution < 1.29 is 4.74 Å². The monoisotopic (exact) mass is 193 g/mol. The van der Waals surface area contributed by atoms with Crippen LogP contribution in [0, 0.1) is 17.8 Å². The molecule has 14 heavy (non-hydrogen) atoms. The largest absolute Gasteiger partial charge is 0.381 e. The molecule has 1 aromatic rings. The highest BCUT2D eigenvalue weighted by Crippen LogP contribution is 2.55. The Balaban J connectivity index is 1.75. The van der Waals surface area contributed by atoms with Gasteiger partial charge in [0.2, 0.25) is 0 Å². The maximum atomic E-state index is 6.17. The van der Waals surface area contributed by atoms with E-state index in [0.29, 0.717) is 17.8 Å². The molecule has 2 fully saturated rings. The molecule has 1 aliphatic heterocycles. The standard InChI is InChI=1S/C10H15N3O/c1-13-3-2-8(12-13)10(11)9-6-4-14-5-7(6)9/h2-3,6-7,9-10H,4-5,11H2,1H3. The SMILES string of the molecule is Cn1ccc(C(N)C2C3COCC32)n1. The Hall–Kier alpha value is -0.870. The molecule has 3 rings (SSSR count). The Kier molecular flexibility index (Phi) is 1.69. The number of rotatable bonds is 2. The van der Waals surface area contributed by atoms with Gasteiger partial charge in [-0.2, -0.15) is 5.10 Å². The van der Waals surface area contributed by atoms with Gasteiger partial charge in [0.25, 0.3) is 0 Å². The van der Waals surface area contributed by atoms with Crippen LogP contribution >= 0.6 is 0 Å². The minimum Gasteiger partial charge on any atom is -0.381 e. The lowest BCUT2D eigenvalue weighted by Gasteiger charge is -2.10. The summed E-state index contributed by atoms with van der Waals surface area (Å²) in [6.45, 7) is 1.80. The zero-order chi connectivity index (χ0) is 9.71. The number of ether oxygens (including phenoxy) is 1. The quantitative estimate of drug-likeness (QED) is 0.735. The molecule has 2 aliphatic rings. The highest BCUT2D eigenvalue weighted by Gasteiger charge is 2.57. The number of hydrogen-bond donors (Lipinski definition) is 1. The van der Waals surface area contributed by atoms with Gasteiger partial charge in [-0.25, -0.2) is 0 Å². The third-order valence-corrected chi connectivity index (χ3v) is 3.51. The van der Waals surface area contributed by atoms with Gasteiger partial charge in [-0.05, 0) is 23.8 Å². The number of fused-ring (bicyclic) bond motifs is 1. The normalized spacial score (nSPS) is 36.9. The van der Waals surface area contributed by atoms with Crippen molar-refractivity contribution >= 4 is 0 Å². The topological polar surface area (TPSA) is 53.1 Å². The molecule has 0 aromatic carbocycles. The van der Waals surface area contributed by atoms with Crippen LogP contribution < -0.4 is 5.73 Å². The molecule has 1 saturated carbocycles. The van der Waals surface area contributed by atoms with Crippen LogP contribution in [0.15, 0.2) is 12.3 Å². The van der Waals surface area contributed by atoms with E-state index in [-0.39, 0.29) is 6.04 Å². The third-order valence-electron chi connectivity index (χ3n) is 3.51. The van der Waals surface area contributed by atoms with E-state index in [1.807, 2.05) is 24.0 Å². The highest BCUT2D eigenvalue weighted by atomic mass is 16.5. The van der Waals surface area contributed by atoms with Gasteiger partial charge >= 0.3 is 0 Å². The first-order valence-corrected chi connectivity index (χ1v) is 5.10. The van der Waals surface area contributed by atoms with Crippen molar-refractivity contribution in [3.8, 4) is 0 Å². The van der Waals surface area contributed by atoms with Crippen molar-refractivity contribution in [1.82, 2.24) is 9.78 Å². The molecule has 0 amide bonds. The van der Waals surface area contributed by atoms with Crippen molar-refractivity contribution in [3.05, 3.63) is 18.0 Å². The molecular formula is C10H15N3O. The van der Waals surface area contributed by atoms with Crippen LogP contribution in [0.1, 0.15) is 11.7 Å². The van der Waals surface area contributed by atoms with Gasteiger partial charge in [0.05, 0.1) is 24.9 Å². The van der Waals surface area contributed by atoms with E-state index in [9.17, 15) is 0 Å². The highest BCUT2D eigenvalue weighted by molar-refractivity contribution is 5.14. The smallest absolute Gasteiger partial charge is 0.0794 e. The summed E-state index contributed by atoms with van der Waals surface area (Å²) in [7, 11) is 1.92. The molecule has 2 heterocycles. The molecule has 1 saturated heterocycles. The Labute approximate surface area is 83.0 Å². The van der Waals surface area contributed by atoms with Crippen molar-refractivity contribution in [1.29, 1.82) is 0 Å². The van der Waals surface area contributed by atoms with Gasteiger partial charge in [0.15, 0.2) is 0 Å². The Morgan fingerprint density at radius 3 is 2.86 bits per heavy atom. The van der Waals surface area contributed by atoms with E-state index < -0.39 is 0 Å². The molecule has 3 atom stereocenters. The zero-order valence-corrected chi connectivity index (χ0v) is 8.26. The second-order valence-electron chi connectivity index (χ2n) is 4.38. The molecule has 1 aromatic heterocycles. The molecular weight excluding hydrogens is 178 g/mol. The maximum Gasteiger partial charge on any atom is 0.0794 e. The van der Waals surface area contributed by atoms with E-state index in [1.165, 1.54) is 0 Å². The van der Waals surface area contributed by atoms with E-state index in [0.717, 1.165) is 18.9 Å². The fraction of sp³-hybridized carbons (Fsp3) is 0.700. The van der Waals surface area contributed by atoms with E-state index in [1.54, 1.807) is 0 Å². The van der Waals surface area contributed by atoms with Crippen LogP contribution in [-0.4, -0.2) is 23.0 Å². The molecule has 4 heteroatoms. The maximum absolute atomic E-state index is 6.17. The van der Waals surface area contributed by atoms with Crippen LogP contribution in [-0.2, 0) is 11.8 Å². The Morgan fingerprint density at radius 2 is 2.29 bits per heavy atom. The molecule has 2 N–H and O–H groups in total. The van der Waals surface area contributed by atoms with Gasteiger partial charge in [-0.15, -0.1) is 0 Å². The Morgan fingerprint density at radius 1 is 1.57 bits per heavy atom. The van der Waals surface area contributed by atoms with Crippen molar-refractivity contribution in [3.63, 3.8) is 0 Å². The fourth-order valence-corrected chi connectivity index (χ4v) is 2.62. The summed E-state index contributed by atoms with van der Waals surface area (Å²) < 4.78 is 7.16. The van der Waals surface area contributed by atoms with Crippen LogP contribution in [0.3, 0.4) is 0 Å². The first-order chi connectivity index (χ1) is 6.77. The summed E-state index contributed by atoms with van der Waals surface area (Å²) in [5, 5.41) is 4.35. The summed E-state index contributed by atoms with van der Waals surface area (Å²) in [6.07, 6.45) is 1.95. The van der Waals surface area contributed by atoms with Crippen molar-refractivity contribution in [2.24, 2.45) is 30.5 Å². The molecule has 0 radical (unpaired) electrons. The average molecular weight is 193 g/mol. The number of aromatic nitrogens is 2. The van der Waals surface area contributed by atoms with E-state index in [2.05, 4.69) is 5.10 Å². The van der Waals surface area contributed by atoms with Crippen molar-refractivity contribution in [2.45, 2.75) is 6.04 Å². The summed E-state index contributed by atoms with van der Waals surface area (Å²) in [4.78, 5) is 0. The molecule has 0 spiro atoms. The fourth-order valence-electron chi connectivity index (χ4n) is 2.62. The van der Waals surface area contributed by atoms with Crippen molar-refractivity contribution in [2.75, 3.05) is 13.2 Å². The summed E-state index contributed by atoms with van der Waals surface area (Å²) in [5.74, 6) is 2.01. The van der Waals surface area contributed by atoms with Gasteiger partial charge in [-0.1, -0.05) is 0 Å². The minimum atomic E-state index is 0.107. The predicted molar refractivity (Wildman–Crippen MR) is 51.4 cm³/mol. The lowest BCUT2D eigenvalue weighted by molar-refractivity contribution is 0.146. The third kappa shape index (κ3) is 1.11. The second-order valence-corrected chi connectivity index (χ2v) is 4.38. The first-order valence-electron chi connectivity index (χ1n) is 5.10. The van der Waals surface area contributed by atoms with Gasteiger partial charge in [0.1, 0.15) is 0 Å². The first kappa shape index (κ1) is 8.44. The summed E-state index contributed by atoms with van der Waals surface area (Å²) in [5.41, 5.74) is 7.19. The average Bonchev–Trinajstić information content (AvgIpc) is 2.56. The zero-order valence-electron chi connectivity index (χ0n) is 8.26. The Bertz CT molecular complexity index is 339. The van der Waals surface area contributed by atoms with Gasteiger partial charge in [0, 0.05) is 13.2 Å².